The standard InChI is InChI=1S/C29H30IN3O5/c1-5-6-12-25-32-28(38-30)22(29(34)33(25)26-23(35-2)10-7-11-24(26)36-3)18-19-13-15-20(16-14-19)21-9-8-17-31-27(21)37-4/h7-11,13-17H,5-6,12,18H2,1-4H3. The summed E-state index contributed by atoms with van der Waals surface area (Å²) in [5, 5.41) is 0. The molecule has 0 bridgehead atoms. The summed E-state index contributed by atoms with van der Waals surface area (Å²) in [5.41, 5.74) is 3.54. The maximum atomic E-state index is 14.1. The molecular formula is C29H30IN3O5. The van der Waals surface area contributed by atoms with Crippen LogP contribution < -0.4 is 22.8 Å². The van der Waals surface area contributed by atoms with Crippen molar-refractivity contribution in [1.82, 2.24) is 14.5 Å². The van der Waals surface area contributed by atoms with E-state index in [9.17, 15) is 4.79 Å². The second-order valence-corrected chi connectivity index (χ2v) is 9.02. The Labute approximate surface area is 236 Å². The number of benzene rings is 2. The average Bonchev–Trinajstić information content (AvgIpc) is 2.97. The molecule has 8 nitrogen and oxygen atoms in total. The highest BCUT2D eigenvalue weighted by Gasteiger charge is 2.23. The molecule has 9 heteroatoms. The number of pyridine rings is 1. The molecule has 0 amide bonds. The first-order valence-electron chi connectivity index (χ1n) is 12.3. The van der Waals surface area contributed by atoms with Gasteiger partial charge in [-0.25, -0.2) is 4.98 Å². The average molecular weight is 627 g/mol. The van der Waals surface area contributed by atoms with E-state index in [4.69, 9.17) is 22.3 Å². The summed E-state index contributed by atoms with van der Waals surface area (Å²) in [6, 6.07) is 17.2. The van der Waals surface area contributed by atoms with Crippen LogP contribution in [0.15, 0.2) is 65.6 Å². The molecule has 0 aliphatic heterocycles. The predicted molar refractivity (Wildman–Crippen MR) is 155 cm³/mol. The van der Waals surface area contributed by atoms with Crippen LogP contribution in [0.2, 0.25) is 0 Å². The number of nitrogens with zero attached hydrogens (tertiary/aromatic N) is 3. The maximum absolute atomic E-state index is 14.1. The molecule has 0 aliphatic rings. The van der Waals surface area contributed by atoms with Gasteiger partial charge in [0.1, 0.15) is 23.0 Å². The minimum atomic E-state index is -0.224. The highest BCUT2D eigenvalue weighted by molar-refractivity contribution is 14.1. The van der Waals surface area contributed by atoms with Crippen molar-refractivity contribution in [2.75, 3.05) is 21.3 Å². The highest BCUT2D eigenvalue weighted by atomic mass is 127. The zero-order chi connectivity index (χ0) is 27.1. The molecule has 0 atom stereocenters. The highest BCUT2D eigenvalue weighted by Crippen LogP contribution is 2.34. The summed E-state index contributed by atoms with van der Waals surface area (Å²) in [6.45, 7) is 2.10. The summed E-state index contributed by atoms with van der Waals surface area (Å²) in [6.07, 6.45) is 4.45. The quantitative estimate of drug-likeness (QED) is 0.189. The van der Waals surface area contributed by atoms with Gasteiger partial charge in [0.05, 0.1) is 26.9 Å². The van der Waals surface area contributed by atoms with E-state index in [1.807, 2.05) is 54.6 Å². The van der Waals surface area contributed by atoms with Gasteiger partial charge in [0.15, 0.2) is 23.0 Å². The van der Waals surface area contributed by atoms with E-state index in [0.717, 1.165) is 29.5 Å². The van der Waals surface area contributed by atoms with Crippen LogP contribution in [-0.2, 0) is 12.8 Å². The molecular weight excluding hydrogens is 597 g/mol. The van der Waals surface area contributed by atoms with E-state index >= 15 is 0 Å². The van der Waals surface area contributed by atoms with Gasteiger partial charge in [0.2, 0.25) is 11.8 Å². The van der Waals surface area contributed by atoms with Crippen molar-refractivity contribution in [2.24, 2.45) is 0 Å². The van der Waals surface area contributed by atoms with Gasteiger partial charge in [-0.2, -0.15) is 4.98 Å². The summed E-state index contributed by atoms with van der Waals surface area (Å²) >= 11 is 1.79. The fourth-order valence-corrected chi connectivity index (χ4v) is 4.72. The molecule has 0 N–H and O–H groups in total. The van der Waals surface area contributed by atoms with Gasteiger partial charge in [-0.3, -0.25) is 9.36 Å². The lowest BCUT2D eigenvalue weighted by molar-refractivity contribution is 0.389. The van der Waals surface area contributed by atoms with Crippen LogP contribution in [0.4, 0.5) is 0 Å². The number of methoxy groups -OCH3 is 3. The lowest BCUT2D eigenvalue weighted by atomic mass is 10.0. The van der Waals surface area contributed by atoms with Crippen LogP contribution in [0.3, 0.4) is 0 Å². The number of aromatic nitrogens is 3. The number of para-hydroxylation sites is 1. The van der Waals surface area contributed by atoms with Gasteiger partial charge >= 0.3 is 0 Å². The molecule has 0 saturated heterocycles. The summed E-state index contributed by atoms with van der Waals surface area (Å²) in [5.74, 6) is 2.50. The predicted octanol–water partition coefficient (Wildman–Crippen LogP) is 5.98. The smallest absolute Gasteiger partial charge is 0.265 e. The third-order valence-electron chi connectivity index (χ3n) is 6.27. The monoisotopic (exact) mass is 627 g/mol. The number of hydrogen-bond donors (Lipinski definition) is 0. The van der Waals surface area contributed by atoms with Gasteiger partial charge in [0, 0.05) is 24.6 Å². The second-order valence-electron chi connectivity index (χ2n) is 8.58. The Bertz CT molecular complexity index is 1430. The van der Waals surface area contributed by atoms with Crippen LogP contribution in [0.25, 0.3) is 16.8 Å². The van der Waals surface area contributed by atoms with E-state index in [0.29, 0.717) is 53.2 Å². The Balaban J connectivity index is 1.83. The van der Waals surface area contributed by atoms with Gasteiger partial charge in [-0.15, -0.1) is 0 Å². The topological polar surface area (TPSA) is 84.7 Å². The first-order valence-corrected chi connectivity index (χ1v) is 13.2. The molecule has 2 aromatic heterocycles. The first-order chi connectivity index (χ1) is 18.6. The SMILES string of the molecule is CCCCc1nc(OI)c(Cc2ccc(-c3cccnc3OC)cc2)c(=O)n1-c1c(OC)cccc1OC. The third kappa shape index (κ3) is 5.62. The van der Waals surface area contributed by atoms with Crippen molar-refractivity contribution in [3.05, 3.63) is 88.1 Å². The minimum absolute atomic E-state index is 0.224. The molecule has 2 aromatic carbocycles. The van der Waals surface area contributed by atoms with Crippen molar-refractivity contribution >= 4 is 23.0 Å². The largest absolute Gasteiger partial charge is 0.494 e. The number of halogens is 1. The van der Waals surface area contributed by atoms with Crippen molar-refractivity contribution < 1.29 is 17.3 Å². The van der Waals surface area contributed by atoms with Crippen LogP contribution >= 0.6 is 23.0 Å². The lowest BCUT2D eigenvalue weighted by Crippen LogP contribution is -2.28. The van der Waals surface area contributed by atoms with Crippen LogP contribution in [0.5, 0.6) is 23.3 Å². The van der Waals surface area contributed by atoms with Crippen molar-refractivity contribution in [2.45, 2.75) is 32.6 Å². The van der Waals surface area contributed by atoms with Crippen LogP contribution in [-0.4, -0.2) is 35.9 Å². The van der Waals surface area contributed by atoms with E-state index in [2.05, 4.69) is 11.9 Å². The van der Waals surface area contributed by atoms with Crippen LogP contribution in [0.1, 0.15) is 36.7 Å². The molecule has 0 unspecified atom stereocenters. The Morgan fingerprint density at radius 2 is 1.61 bits per heavy atom. The number of ether oxygens (including phenoxy) is 3. The maximum Gasteiger partial charge on any atom is 0.265 e. The molecule has 198 valence electrons. The van der Waals surface area contributed by atoms with Crippen molar-refractivity contribution in [1.29, 1.82) is 0 Å². The normalized spacial score (nSPS) is 10.8. The van der Waals surface area contributed by atoms with Gasteiger partial charge in [-0.05, 0) is 41.8 Å². The van der Waals surface area contributed by atoms with Crippen molar-refractivity contribution in [3.63, 3.8) is 0 Å². The Morgan fingerprint density at radius 3 is 2.21 bits per heavy atom. The molecule has 4 rings (SSSR count). The molecule has 2 heterocycles. The van der Waals surface area contributed by atoms with Crippen molar-refractivity contribution in [3.8, 4) is 40.1 Å². The van der Waals surface area contributed by atoms with E-state index in [1.54, 1.807) is 55.1 Å². The molecule has 0 fully saturated rings. The number of rotatable bonds is 11. The van der Waals surface area contributed by atoms with Gasteiger partial charge in [0.25, 0.3) is 5.56 Å². The summed E-state index contributed by atoms with van der Waals surface area (Å²) in [4.78, 5) is 23.2. The molecule has 4 aromatic rings. The fourth-order valence-electron chi connectivity index (χ4n) is 4.36. The lowest BCUT2D eigenvalue weighted by Gasteiger charge is -2.20. The number of unbranched alkanes of at least 4 members (excludes halogenated alkanes) is 1. The van der Waals surface area contributed by atoms with Gasteiger partial charge < -0.3 is 17.3 Å². The number of aryl methyl sites for hydroxylation is 1. The minimum Gasteiger partial charge on any atom is -0.494 e. The zero-order valence-electron chi connectivity index (χ0n) is 21.9. The van der Waals surface area contributed by atoms with E-state index in [1.165, 1.54) is 0 Å². The Hall–Kier alpha value is -3.60. The second kappa shape index (κ2) is 12.8. The Morgan fingerprint density at radius 1 is 0.895 bits per heavy atom. The van der Waals surface area contributed by atoms with E-state index < -0.39 is 0 Å². The first kappa shape index (κ1) is 27.4. The molecule has 0 radical (unpaired) electrons. The van der Waals surface area contributed by atoms with Gasteiger partial charge in [-0.1, -0.05) is 43.7 Å². The Kier molecular flexibility index (Phi) is 9.22. The molecule has 38 heavy (non-hydrogen) atoms. The summed E-state index contributed by atoms with van der Waals surface area (Å²) in [7, 11) is 4.75. The summed E-state index contributed by atoms with van der Waals surface area (Å²) < 4.78 is 23.9. The molecule has 0 saturated carbocycles. The molecule has 0 spiro atoms. The van der Waals surface area contributed by atoms with E-state index in [-0.39, 0.29) is 5.56 Å². The fraction of sp³-hybridized carbons (Fsp3) is 0.276. The third-order valence-corrected chi connectivity index (χ3v) is 6.69. The number of hydrogen-bond acceptors (Lipinski definition) is 7. The molecule has 0 aliphatic carbocycles. The van der Waals surface area contributed by atoms with Crippen LogP contribution in [0, 0.1) is 0 Å². The zero-order valence-corrected chi connectivity index (χ0v) is 24.0.